The zero-order valence-electron chi connectivity index (χ0n) is 9.73. The van der Waals surface area contributed by atoms with Crippen LogP contribution in [-0.4, -0.2) is 14.5 Å². The van der Waals surface area contributed by atoms with Crippen LogP contribution in [-0.2, 0) is 6.54 Å². The molecule has 2 heterocycles. The number of aromatic amines is 1. The average molecular weight is 261 g/mol. The Balaban J connectivity index is 2.21. The first kappa shape index (κ1) is 11.6. The number of hydrogen-bond donors (Lipinski definition) is 1. The van der Waals surface area contributed by atoms with Gasteiger partial charge >= 0.3 is 5.69 Å². The van der Waals surface area contributed by atoms with Crippen molar-refractivity contribution in [1.82, 2.24) is 14.5 Å². The van der Waals surface area contributed by atoms with Crippen LogP contribution in [0.2, 0.25) is 0 Å². The smallest absolute Gasteiger partial charge is 0.305 e. The van der Waals surface area contributed by atoms with E-state index in [1.807, 2.05) is 0 Å². The lowest BCUT2D eigenvalue weighted by Crippen LogP contribution is -2.17. The summed E-state index contributed by atoms with van der Waals surface area (Å²) in [5.41, 5.74) is 0.526. The summed E-state index contributed by atoms with van der Waals surface area (Å²) in [6, 6.07) is 5.76. The molecule has 0 aliphatic carbocycles. The minimum Gasteiger partial charge on any atom is -0.305 e. The number of hydrogen-bond acceptors (Lipinski definition) is 2. The van der Waals surface area contributed by atoms with Crippen LogP contribution in [0.25, 0.3) is 11.0 Å². The van der Waals surface area contributed by atoms with Crippen molar-refractivity contribution in [2.75, 3.05) is 0 Å². The van der Waals surface area contributed by atoms with Crippen LogP contribution in [0.15, 0.2) is 41.5 Å². The first-order valence-electron chi connectivity index (χ1n) is 5.62. The van der Waals surface area contributed by atoms with Crippen molar-refractivity contribution in [2.24, 2.45) is 0 Å². The minimum absolute atomic E-state index is 0.0539. The Kier molecular flexibility index (Phi) is 2.63. The van der Waals surface area contributed by atoms with Gasteiger partial charge in [0.2, 0.25) is 0 Å². The molecule has 0 saturated carbocycles. The van der Waals surface area contributed by atoms with Crippen LogP contribution in [0.1, 0.15) is 5.56 Å². The lowest BCUT2D eigenvalue weighted by molar-refractivity contribution is 0.512. The van der Waals surface area contributed by atoms with Gasteiger partial charge in [-0.05, 0) is 29.8 Å². The fourth-order valence-electron chi connectivity index (χ4n) is 2.01. The third-order valence-corrected chi connectivity index (χ3v) is 2.92. The first-order chi connectivity index (χ1) is 9.16. The van der Waals surface area contributed by atoms with Gasteiger partial charge in [0, 0.05) is 12.4 Å². The maximum absolute atomic E-state index is 13.8. The maximum Gasteiger partial charge on any atom is 0.326 e. The van der Waals surface area contributed by atoms with Gasteiger partial charge in [-0.25, -0.2) is 13.6 Å². The summed E-state index contributed by atoms with van der Waals surface area (Å²) in [6.07, 6.45) is 3.15. The van der Waals surface area contributed by atoms with Crippen molar-refractivity contribution in [3.05, 3.63) is 64.3 Å². The molecule has 0 atom stereocenters. The molecule has 19 heavy (non-hydrogen) atoms. The Hall–Kier alpha value is -2.50. The van der Waals surface area contributed by atoms with Crippen molar-refractivity contribution in [3.63, 3.8) is 0 Å². The van der Waals surface area contributed by atoms with Crippen molar-refractivity contribution < 1.29 is 8.78 Å². The standard InChI is InChI=1S/C13H9F2N3O/c14-9-1-2-10-12(11(9)15)18(13(19)17-10)7-8-3-5-16-6-4-8/h1-6H,7H2,(H,17,19). The van der Waals surface area contributed by atoms with Gasteiger partial charge in [0.05, 0.1) is 12.1 Å². The van der Waals surface area contributed by atoms with E-state index in [-0.39, 0.29) is 17.6 Å². The molecule has 1 N–H and O–H groups in total. The van der Waals surface area contributed by atoms with E-state index in [1.165, 1.54) is 10.6 Å². The van der Waals surface area contributed by atoms with Gasteiger partial charge in [0.25, 0.3) is 0 Å². The molecule has 0 amide bonds. The van der Waals surface area contributed by atoms with Gasteiger partial charge in [-0.1, -0.05) is 0 Å². The van der Waals surface area contributed by atoms with Crippen LogP contribution in [0, 0.1) is 11.6 Å². The third-order valence-electron chi connectivity index (χ3n) is 2.92. The molecule has 0 fully saturated rings. The molecule has 96 valence electrons. The van der Waals surface area contributed by atoms with E-state index >= 15 is 0 Å². The fraction of sp³-hybridized carbons (Fsp3) is 0.0769. The number of nitrogens with zero attached hydrogens (tertiary/aromatic N) is 2. The predicted octanol–water partition coefficient (Wildman–Crippen LogP) is 2.05. The van der Waals surface area contributed by atoms with E-state index < -0.39 is 17.3 Å². The van der Waals surface area contributed by atoms with Gasteiger partial charge in [0.1, 0.15) is 5.52 Å². The first-order valence-corrected chi connectivity index (χ1v) is 5.62. The molecule has 0 radical (unpaired) electrons. The molecular formula is C13H9F2N3O. The average Bonchev–Trinajstić information content (AvgIpc) is 2.73. The molecule has 3 rings (SSSR count). The van der Waals surface area contributed by atoms with E-state index in [0.717, 1.165) is 11.6 Å². The summed E-state index contributed by atoms with van der Waals surface area (Å²) in [4.78, 5) is 18.2. The third kappa shape index (κ3) is 1.91. The lowest BCUT2D eigenvalue weighted by Gasteiger charge is -2.04. The summed E-state index contributed by atoms with van der Waals surface area (Å²) in [7, 11) is 0. The second-order valence-electron chi connectivity index (χ2n) is 4.13. The van der Waals surface area contributed by atoms with Crippen molar-refractivity contribution in [1.29, 1.82) is 0 Å². The van der Waals surface area contributed by atoms with Crippen LogP contribution < -0.4 is 5.69 Å². The van der Waals surface area contributed by atoms with E-state index in [1.54, 1.807) is 24.5 Å². The number of H-pyrrole nitrogens is 1. The normalized spacial score (nSPS) is 11.1. The molecule has 0 bridgehead atoms. The van der Waals surface area contributed by atoms with E-state index in [0.29, 0.717) is 0 Å². The second kappa shape index (κ2) is 4.31. The van der Waals surface area contributed by atoms with E-state index in [2.05, 4.69) is 9.97 Å². The number of pyridine rings is 1. The topological polar surface area (TPSA) is 50.7 Å². The van der Waals surface area contributed by atoms with E-state index in [9.17, 15) is 13.6 Å². The molecule has 6 heteroatoms. The Morgan fingerprint density at radius 2 is 1.89 bits per heavy atom. The Bertz CT molecular complexity index is 793. The summed E-state index contributed by atoms with van der Waals surface area (Å²) in [6.45, 7) is 0.154. The monoisotopic (exact) mass is 261 g/mol. The summed E-state index contributed by atoms with van der Waals surface area (Å²) in [5.74, 6) is -2.00. The van der Waals surface area contributed by atoms with Crippen LogP contribution in [0.4, 0.5) is 8.78 Å². The summed E-state index contributed by atoms with van der Waals surface area (Å²) >= 11 is 0. The quantitative estimate of drug-likeness (QED) is 0.767. The molecule has 0 aliphatic heterocycles. The van der Waals surface area contributed by atoms with Crippen LogP contribution in [0.3, 0.4) is 0 Å². The number of halogens is 2. The zero-order chi connectivity index (χ0) is 13.4. The maximum atomic E-state index is 13.8. The van der Waals surface area contributed by atoms with Crippen LogP contribution >= 0.6 is 0 Å². The Labute approximate surface area is 106 Å². The SMILES string of the molecule is O=c1[nH]c2ccc(F)c(F)c2n1Cc1ccncc1. The molecule has 0 unspecified atom stereocenters. The number of rotatable bonds is 2. The number of fused-ring (bicyclic) bond motifs is 1. The number of aromatic nitrogens is 3. The van der Waals surface area contributed by atoms with Gasteiger partial charge in [-0.2, -0.15) is 0 Å². The Morgan fingerprint density at radius 3 is 2.63 bits per heavy atom. The van der Waals surface area contributed by atoms with Gasteiger partial charge in [0.15, 0.2) is 11.6 Å². The summed E-state index contributed by atoms with van der Waals surface area (Å²) < 4.78 is 28.2. The zero-order valence-corrected chi connectivity index (χ0v) is 9.73. The molecule has 1 aromatic carbocycles. The fourth-order valence-corrected chi connectivity index (χ4v) is 2.01. The van der Waals surface area contributed by atoms with Gasteiger partial charge < -0.3 is 4.98 Å². The van der Waals surface area contributed by atoms with Crippen molar-refractivity contribution in [2.45, 2.75) is 6.54 Å². The predicted molar refractivity (Wildman–Crippen MR) is 65.8 cm³/mol. The van der Waals surface area contributed by atoms with Crippen LogP contribution in [0.5, 0.6) is 0 Å². The highest BCUT2D eigenvalue weighted by molar-refractivity contribution is 5.76. The highest BCUT2D eigenvalue weighted by atomic mass is 19.2. The number of imidazole rings is 1. The Morgan fingerprint density at radius 1 is 1.16 bits per heavy atom. The van der Waals surface area contributed by atoms with Gasteiger partial charge in [-0.15, -0.1) is 0 Å². The number of benzene rings is 1. The molecule has 0 spiro atoms. The second-order valence-corrected chi connectivity index (χ2v) is 4.13. The molecule has 3 aromatic rings. The number of nitrogens with one attached hydrogen (secondary N) is 1. The molecule has 2 aromatic heterocycles. The highest BCUT2D eigenvalue weighted by Crippen LogP contribution is 2.18. The molecule has 0 saturated heterocycles. The molecular weight excluding hydrogens is 252 g/mol. The summed E-state index contributed by atoms with van der Waals surface area (Å²) in [5, 5.41) is 0. The molecule has 4 nitrogen and oxygen atoms in total. The molecule has 0 aliphatic rings. The van der Waals surface area contributed by atoms with Gasteiger partial charge in [-0.3, -0.25) is 9.55 Å². The minimum atomic E-state index is -1.02. The lowest BCUT2D eigenvalue weighted by atomic mass is 10.2. The highest BCUT2D eigenvalue weighted by Gasteiger charge is 2.15. The van der Waals surface area contributed by atoms with E-state index in [4.69, 9.17) is 0 Å². The largest absolute Gasteiger partial charge is 0.326 e. The van der Waals surface area contributed by atoms with Crippen molar-refractivity contribution in [3.8, 4) is 0 Å². The van der Waals surface area contributed by atoms with Crippen molar-refractivity contribution >= 4 is 11.0 Å².